The standard InChI is InChI=1S/C15H33NO2/c1-4-6-8-10-12-17-15(3,14-16)18-13-11-9-7-5-2/h4-14,16H2,1-3H3. The average Bonchev–Trinajstić information content (AvgIpc) is 2.38. The topological polar surface area (TPSA) is 44.5 Å². The molecule has 0 fully saturated rings. The van der Waals surface area contributed by atoms with Crippen molar-refractivity contribution in [3.8, 4) is 0 Å². The molecule has 0 bridgehead atoms. The Morgan fingerprint density at radius 1 is 0.778 bits per heavy atom. The minimum atomic E-state index is -0.585. The van der Waals surface area contributed by atoms with Gasteiger partial charge in [0.25, 0.3) is 0 Å². The van der Waals surface area contributed by atoms with Crippen LogP contribution in [0, 0.1) is 0 Å². The van der Waals surface area contributed by atoms with Gasteiger partial charge in [-0.2, -0.15) is 0 Å². The van der Waals surface area contributed by atoms with Crippen molar-refractivity contribution >= 4 is 0 Å². The minimum absolute atomic E-state index is 0.425. The lowest BCUT2D eigenvalue weighted by molar-refractivity contribution is -0.219. The maximum Gasteiger partial charge on any atom is 0.177 e. The molecular formula is C15H33NO2. The summed E-state index contributed by atoms with van der Waals surface area (Å²) in [7, 11) is 0. The van der Waals surface area contributed by atoms with Crippen LogP contribution in [-0.2, 0) is 9.47 Å². The summed E-state index contributed by atoms with van der Waals surface area (Å²) >= 11 is 0. The van der Waals surface area contributed by atoms with Crippen LogP contribution in [0.3, 0.4) is 0 Å². The highest BCUT2D eigenvalue weighted by Gasteiger charge is 2.23. The molecule has 0 heterocycles. The van der Waals surface area contributed by atoms with Crippen LogP contribution in [0.4, 0.5) is 0 Å². The minimum Gasteiger partial charge on any atom is -0.349 e. The Hall–Kier alpha value is -0.120. The quantitative estimate of drug-likeness (QED) is 0.403. The lowest BCUT2D eigenvalue weighted by atomic mass is 10.2. The molecule has 0 aliphatic rings. The Kier molecular flexibility index (Phi) is 11.9. The third-order valence-electron chi connectivity index (χ3n) is 3.18. The van der Waals surface area contributed by atoms with Gasteiger partial charge in [0.2, 0.25) is 0 Å². The van der Waals surface area contributed by atoms with Crippen molar-refractivity contribution in [1.82, 2.24) is 0 Å². The van der Waals surface area contributed by atoms with Crippen LogP contribution in [-0.4, -0.2) is 25.5 Å². The highest BCUT2D eigenvalue weighted by Crippen LogP contribution is 2.13. The number of nitrogens with two attached hydrogens (primary N) is 1. The third kappa shape index (κ3) is 9.86. The monoisotopic (exact) mass is 259 g/mol. The van der Waals surface area contributed by atoms with Crippen LogP contribution >= 0.6 is 0 Å². The molecule has 0 radical (unpaired) electrons. The van der Waals surface area contributed by atoms with E-state index >= 15 is 0 Å². The first-order chi connectivity index (χ1) is 8.68. The molecule has 0 saturated carbocycles. The second-order valence-corrected chi connectivity index (χ2v) is 5.16. The number of hydrogen-bond donors (Lipinski definition) is 1. The predicted molar refractivity (Wildman–Crippen MR) is 77.6 cm³/mol. The molecule has 0 amide bonds. The van der Waals surface area contributed by atoms with Crippen molar-refractivity contribution < 1.29 is 9.47 Å². The zero-order chi connectivity index (χ0) is 13.7. The predicted octanol–water partition coefficient (Wildman–Crippen LogP) is 3.86. The van der Waals surface area contributed by atoms with Gasteiger partial charge in [-0.3, -0.25) is 0 Å². The van der Waals surface area contributed by atoms with Gasteiger partial charge < -0.3 is 15.2 Å². The van der Waals surface area contributed by atoms with Crippen molar-refractivity contribution in [1.29, 1.82) is 0 Å². The van der Waals surface area contributed by atoms with Gasteiger partial charge in [0, 0.05) is 6.54 Å². The van der Waals surface area contributed by atoms with Crippen molar-refractivity contribution in [2.75, 3.05) is 19.8 Å². The zero-order valence-electron chi connectivity index (χ0n) is 12.7. The first-order valence-corrected chi connectivity index (χ1v) is 7.66. The molecule has 3 heteroatoms. The van der Waals surface area contributed by atoms with E-state index in [4.69, 9.17) is 15.2 Å². The van der Waals surface area contributed by atoms with Gasteiger partial charge in [0.05, 0.1) is 13.2 Å². The van der Waals surface area contributed by atoms with Gasteiger partial charge >= 0.3 is 0 Å². The van der Waals surface area contributed by atoms with E-state index in [1.54, 1.807) is 0 Å². The molecule has 0 aliphatic heterocycles. The molecule has 0 aromatic rings. The van der Waals surface area contributed by atoms with E-state index in [9.17, 15) is 0 Å². The summed E-state index contributed by atoms with van der Waals surface area (Å²) in [4.78, 5) is 0. The van der Waals surface area contributed by atoms with Gasteiger partial charge in [-0.25, -0.2) is 0 Å². The molecule has 110 valence electrons. The van der Waals surface area contributed by atoms with Gasteiger partial charge in [0.15, 0.2) is 5.79 Å². The summed E-state index contributed by atoms with van der Waals surface area (Å²) in [5, 5.41) is 0. The summed E-state index contributed by atoms with van der Waals surface area (Å²) in [6.07, 6.45) is 9.72. The highest BCUT2D eigenvalue weighted by atomic mass is 16.7. The summed E-state index contributed by atoms with van der Waals surface area (Å²) in [5.74, 6) is -0.585. The van der Waals surface area contributed by atoms with Crippen molar-refractivity contribution in [2.24, 2.45) is 5.73 Å². The fourth-order valence-corrected chi connectivity index (χ4v) is 1.79. The SMILES string of the molecule is CCCCCCOC(C)(CN)OCCCCCC. The van der Waals surface area contributed by atoms with Crippen LogP contribution < -0.4 is 5.73 Å². The largest absolute Gasteiger partial charge is 0.349 e. The molecule has 18 heavy (non-hydrogen) atoms. The van der Waals surface area contributed by atoms with Gasteiger partial charge in [-0.15, -0.1) is 0 Å². The summed E-state index contributed by atoms with van der Waals surface area (Å²) in [5.41, 5.74) is 5.74. The molecule has 0 rings (SSSR count). The van der Waals surface area contributed by atoms with E-state index < -0.39 is 5.79 Å². The van der Waals surface area contributed by atoms with Crippen LogP contribution in [0.2, 0.25) is 0 Å². The Morgan fingerprint density at radius 3 is 1.56 bits per heavy atom. The molecule has 2 N–H and O–H groups in total. The van der Waals surface area contributed by atoms with Crippen LogP contribution in [0.5, 0.6) is 0 Å². The maximum atomic E-state index is 5.78. The lowest BCUT2D eigenvalue weighted by Gasteiger charge is -2.28. The van der Waals surface area contributed by atoms with Crippen LogP contribution in [0.1, 0.15) is 72.1 Å². The summed E-state index contributed by atoms with van der Waals surface area (Å²) < 4.78 is 11.6. The van der Waals surface area contributed by atoms with E-state index in [0.29, 0.717) is 6.54 Å². The average molecular weight is 259 g/mol. The molecule has 0 aromatic heterocycles. The van der Waals surface area contributed by atoms with E-state index in [0.717, 1.165) is 26.1 Å². The number of rotatable bonds is 13. The van der Waals surface area contributed by atoms with Crippen LogP contribution in [0.25, 0.3) is 0 Å². The molecule has 0 aliphatic carbocycles. The Morgan fingerprint density at radius 2 is 1.22 bits per heavy atom. The van der Waals surface area contributed by atoms with E-state index in [1.807, 2.05) is 6.92 Å². The van der Waals surface area contributed by atoms with Crippen LogP contribution in [0.15, 0.2) is 0 Å². The van der Waals surface area contributed by atoms with E-state index in [2.05, 4.69) is 13.8 Å². The lowest BCUT2D eigenvalue weighted by Crippen LogP contribution is -2.41. The first-order valence-electron chi connectivity index (χ1n) is 7.66. The van der Waals surface area contributed by atoms with Gasteiger partial charge in [-0.05, 0) is 19.8 Å². The van der Waals surface area contributed by atoms with E-state index in [1.165, 1.54) is 38.5 Å². The molecule has 0 atom stereocenters. The Balaban J connectivity index is 3.60. The summed E-state index contributed by atoms with van der Waals surface area (Å²) in [6.45, 7) is 8.31. The van der Waals surface area contributed by atoms with Crippen molar-refractivity contribution in [3.05, 3.63) is 0 Å². The molecule has 3 nitrogen and oxygen atoms in total. The van der Waals surface area contributed by atoms with Crippen molar-refractivity contribution in [2.45, 2.75) is 77.9 Å². The molecule has 0 spiro atoms. The number of hydrogen-bond acceptors (Lipinski definition) is 3. The number of unbranched alkanes of at least 4 members (excludes halogenated alkanes) is 6. The van der Waals surface area contributed by atoms with E-state index in [-0.39, 0.29) is 0 Å². The molecule has 0 saturated heterocycles. The second-order valence-electron chi connectivity index (χ2n) is 5.16. The first kappa shape index (κ1) is 17.9. The fourth-order valence-electron chi connectivity index (χ4n) is 1.79. The smallest absolute Gasteiger partial charge is 0.177 e. The Labute approximate surface area is 113 Å². The normalized spacial score (nSPS) is 12.0. The summed E-state index contributed by atoms with van der Waals surface area (Å²) in [6, 6.07) is 0. The number of ether oxygens (including phenoxy) is 2. The molecule has 0 unspecified atom stereocenters. The highest BCUT2D eigenvalue weighted by molar-refractivity contribution is 4.64. The molecular weight excluding hydrogens is 226 g/mol. The van der Waals surface area contributed by atoms with Gasteiger partial charge in [-0.1, -0.05) is 52.4 Å². The zero-order valence-corrected chi connectivity index (χ0v) is 12.7. The fraction of sp³-hybridized carbons (Fsp3) is 1.00. The Bertz CT molecular complexity index is 160. The second kappa shape index (κ2) is 11.9. The maximum absolute atomic E-state index is 5.78. The third-order valence-corrected chi connectivity index (χ3v) is 3.18. The van der Waals surface area contributed by atoms with Gasteiger partial charge in [0.1, 0.15) is 0 Å². The molecule has 0 aromatic carbocycles. The van der Waals surface area contributed by atoms with Crippen molar-refractivity contribution in [3.63, 3.8) is 0 Å².